The number of nitrogens with one attached hydrogen (secondary N) is 2. The van der Waals surface area contributed by atoms with E-state index in [1.165, 1.54) is 0 Å². The van der Waals surface area contributed by atoms with E-state index in [0.717, 1.165) is 37.7 Å². The summed E-state index contributed by atoms with van der Waals surface area (Å²) in [6.45, 7) is 13.7. The summed E-state index contributed by atoms with van der Waals surface area (Å²) in [6, 6.07) is 8.74. The van der Waals surface area contributed by atoms with Crippen molar-refractivity contribution in [2.75, 3.05) is 20.7 Å². The predicted molar refractivity (Wildman–Crippen MR) is 157 cm³/mol. The number of rotatable bonds is 11. The molecular formula is C32H51N3O4. The van der Waals surface area contributed by atoms with Crippen LogP contribution in [0.15, 0.2) is 42.0 Å². The number of benzene rings is 1. The standard InChI is InChI=1S/C32H51N3O4/c1-10-39-30(38)23(4)21-25(22(2)3)35(9)29(37)27(31(5,6)7)34-28(36)26(33-8)32(19-15-12-16-20-32)24-17-13-11-14-18-24/h11,13-14,17-18,21-22,25-27,33H,10,12,15-16,19-20H2,1-9H3,(H,34,36)/b23-21+/t25-,26?,27-/m1/s1. The Morgan fingerprint density at radius 3 is 2.15 bits per heavy atom. The molecule has 1 aliphatic carbocycles. The molecule has 0 aromatic heterocycles. The summed E-state index contributed by atoms with van der Waals surface area (Å²) >= 11 is 0. The van der Waals surface area contributed by atoms with Crippen LogP contribution in [0.1, 0.15) is 86.1 Å². The number of likely N-dealkylation sites (N-methyl/N-ethyl adjacent to an activating group) is 2. The highest BCUT2D eigenvalue weighted by Crippen LogP contribution is 2.42. The molecule has 3 atom stereocenters. The van der Waals surface area contributed by atoms with Gasteiger partial charge >= 0.3 is 5.97 Å². The van der Waals surface area contributed by atoms with Crippen molar-refractivity contribution >= 4 is 17.8 Å². The van der Waals surface area contributed by atoms with E-state index in [0.29, 0.717) is 12.2 Å². The summed E-state index contributed by atoms with van der Waals surface area (Å²) in [6.07, 6.45) is 6.91. The number of carbonyl (C=O) groups excluding carboxylic acids is 3. The summed E-state index contributed by atoms with van der Waals surface area (Å²) in [4.78, 5) is 42.0. The minimum atomic E-state index is -0.750. The molecule has 1 unspecified atom stereocenters. The number of carbonyl (C=O) groups is 3. The van der Waals surface area contributed by atoms with E-state index in [1.807, 2.05) is 59.9 Å². The summed E-state index contributed by atoms with van der Waals surface area (Å²) in [5, 5.41) is 6.50. The number of amides is 2. The summed E-state index contributed by atoms with van der Waals surface area (Å²) in [7, 11) is 3.58. The first-order valence-corrected chi connectivity index (χ1v) is 14.5. The Balaban J connectivity index is 2.40. The number of hydrogen-bond donors (Lipinski definition) is 2. The van der Waals surface area contributed by atoms with Crippen LogP contribution in [0.4, 0.5) is 0 Å². The van der Waals surface area contributed by atoms with Crippen LogP contribution in [-0.2, 0) is 24.5 Å². The van der Waals surface area contributed by atoms with Crippen molar-refractivity contribution in [2.45, 2.75) is 104 Å². The van der Waals surface area contributed by atoms with Gasteiger partial charge in [0.2, 0.25) is 11.8 Å². The van der Waals surface area contributed by atoms with Gasteiger partial charge in [-0.2, -0.15) is 0 Å². The quantitative estimate of drug-likeness (QED) is 0.304. The van der Waals surface area contributed by atoms with Gasteiger partial charge in [0.15, 0.2) is 0 Å². The Labute approximate surface area is 236 Å². The van der Waals surface area contributed by atoms with Gasteiger partial charge in [0, 0.05) is 18.0 Å². The fourth-order valence-electron chi connectivity index (χ4n) is 5.90. The molecule has 1 saturated carbocycles. The lowest BCUT2D eigenvalue weighted by molar-refractivity contribution is -0.141. The molecule has 1 aromatic carbocycles. The highest BCUT2D eigenvalue weighted by Gasteiger charge is 2.46. The number of ether oxygens (including phenoxy) is 1. The van der Waals surface area contributed by atoms with Gasteiger partial charge in [0.05, 0.1) is 18.7 Å². The molecule has 39 heavy (non-hydrogen) atoms. The Kier molecular flexibility index (Phi) is 11.8. The molecule has 0 aliphatic heterocycles. The Morgan fingerprint density at radius 1 is 1.08 bits per heavy atom. The SMILES string of the molecule is CCOC(=O)/C(C)=C/[C@H](C(C)C)N(C)C(=O)[C@@H](NC(=O)C(NC)C1(c2ccccc2)CCCCC1)C(C)(C)C. The highest BCUT2D eigenvalue weighted by atomic mass is 16.5. The third kappa shape index (κ3) is 7.93. The molecule has 7 heteroatoms. The number of hydrogen-bond acceptors (Lipinski definition) is 5. The lowest BCUT2D eigenvalue weighted by atomic mass is 9.64. The van der Waals surface area contributed by atoms with Gasteiger partial charge in [-0.15, -0.1) is 0 Å². The van der Waals surface area contributed by atoms with Crippen molar-refractivity contribution < 1.29 is 19.1 Å². The van der Waals surface area contributed by atoms with E-state index in [1.54, 1.807) is 31.9 Å². The zero-order valence-corrected chi connectivity index (χ0v) is 25.6. The van der Waals surface area contributed by atoms with Crippen LogP contribution in [0.25, 0.3) is 0 Å². The molecule has 0 saturated heterocycles. The van der Waals surface area contributed by atoms with E-state index >= 15 is 0 Å². The molecule has 1 aliphatic rings. The van der Waals surface area contributed by atoms with Crippen LogP contribution in [0.3, 0.4) is 0 Å². The van der Waals surface area contributed by atoms with Crippen molar-refractivity contribution in [1.82, 2.24) is 15.5 Å². The Morgan fingerprint density at radius 2 is 1.67 bits per heavy atom. The van der Waals surface area contributed by atoms with Gasteiger partial charge in [-0.25, -0.2) is 4.79 Å². The van der Waals surface area contributed by atoms with Crippen molar-refractivity contribution in [3.63, 3.8) is 0 Å². The van der Waals surface area contributed by atoms with Gasteiger partial charge in [-0.05, 0) is 50.6 Å². The van der Waals surface area contributed by atoms with Crippen LogP contribution >= 0.6 is 0 Å². The maximum Gasteiger partial charge on any atom is 0.333 e. The second kappa shape index (κ2) is 14.1. The lowest BCUT2D eigenvalue weighted by Crippen LogP contribution is -2.62. The van der Waals surface area contributed by atoms with Gasteiger partial charge < -0.3 is 20.3 Å². The average molecular weight is 542 g/mol. The van der Waals surface area contributed by atoms with Crippen LogP contribution in [0, 0.1) is 11.3 Å². The van der Waals surface area contributed by atoms with Gasteiger partial charge in [0.1, 0.15) is 6.04 Å². The maximum absolute atomic E-state index is 14.1. The minimum Gasteiger partial charge on any atom is -0.463 e. The molecule has 1 fully saturated rings. The fourth-order valence-corrected chi connectivity index (χ4v) is 5.90. The van der Waals surface area contributed by atoms with Gasteiger partial charge in [-0.1, -0.05) is 90.3 Å². The average Bonchev–Trinajstić information content (AvgIpc) is 2.90. The topological polar surface area (TPSA) is 87.7 Å². The van der Waals surface area contributed by atoms with Crippen LogP contribution in [-0.4, -0.2) is 61.5 Å². The lowest BCUT2D eigenvalue weighted by Gasteiger charge is -2.44. The van der Waals surface area contributed by atoms with Gasteiger partial charge in [-0.3, -0.25) is 9.59 Å². The first-order valence-electron chi connectivity index (χ1n) is 14.5. The van der Waals surface area contributed by atoms with Crippen molar-refractivity contribution in [3.05, 3.63) is 47.5 Å². The van der Waals surface area contributed by atoms with E-state index in [9.17, 15) is 14.4 Å². The van der Waals surface area contributed by atoms with Crippen LogP contribution in [0.5, 0.6) is 0 Å². The molecule has 2 N–H and O–H groups in total. The molecule has 0 spiro atoms. The molecule has 1 aromatic rings. The summed E-state index contributed by atoms with van der Waals surface area (Å²) < 4.78 is 5.15. The number of esters is 1. The molecule has 218 valence electrons. The maximum atomic E-state index is 14.1. The van der Waals surface area contributed by atoms with E-state index in [4.69, 9.17) is 4.74 Å². The Bertz CT molecular complexity index is 990. The molecule has 7 nitrogen and oxygen atoms in total. The minimum absolute atomic E-state index is 0.0493. The van der Waals surface area contributed by atoms with E-state index in [-0.39, 0.29) is 35.2 Å². The molecule has 0 bridgehead atoms. The molecule has 0 radical (unpaired) electrons. The molecule has 2 amide bonds. The zero-order valence-electron chi connectivity index (χ0n) is 25.6. The Hall–Kier alpha value is -2.67. The second-order valence-electron chi connectivity index (χ2n) is 12.4. The van der Waals surface area contributed by atoms with Crippen LogP contribution < -0.4 is 10.6 Å². The predicted octanol–water partition coefficient (Wildman–Crippen LogP) is 5.00. The first kappa shape index (κ1) is 32.5. The largest absolute Gasteiger partial charge is 0.463 e. The zero-order chi connectivity index (χ0) is 29.4. The molecular weight excluding hydrogens is 490 g/mol. The fraction of sp³-hybridized carbons (Fsp3) is 0.656. The first-order chi connectivity index (χ1) is 18.3. The monoisotopic (exact) mass is 541 g/mol. The second-order valence-corrected chi connectivity index (χ2v) is 12.4. The van der Waals surface area contributed by atoms with Gasteiger partial charge in [0.25, 0.3) is 0 Å². The molecule has 0 heterocycles. The third-order valence-electron chi connectivity index (χ3n) is 8.09. The summed E-state index contributed by atoms with van der Waals surface area (Å²) in [5.41, 5.74) is 0.751. The van der Waals surface area contributed by atoms with E-state index in [2.05, 4.69) is 22.8 Å². The smallest absolute Gasteiger partial charge is 0.333 e. The van der Waals surface area contributed by atoms with Crippen molar-refractivity contribution in [3.8, 4) is 0 Å². The van der Waals surface area contributed by atoms with Crippen LogP contribution in [0.2, 0.25) is 0 Å². The normalized spacial score (nSPS) is 18.2. The molecule has 2 rings (SSSR count). The van der Waals surface area contributed by atoms with Crippen molar-refractivity contribution in [2.24, 2.45) is 11.3 Å². The summed E-state index contributed by atoms with van der Waals surface area (Å²) in [5.74, 6) is -0.687. The third-order valence-corrected chi connectivity index (χ3v) is 8.09. The highest BCUT2D eigenvalue weighted by molar-refractivity contribution is 5.92. The van der Waals surface area contributed by atoms with E-state index < -0.39 is 17.5 Å². The number of nitrogens with zero attached hydrogens (tertiary/aromatic N) is 1. The van der Waals surface area contributed by atoms with Crippen molar-refractivity contribution in [1.29, 1.82) is 0 Å².